The minimum Gasteiger partial charge on any atom is -0.454 e. The molecule has 10 aromatic carbocycles. The first-order valence-corrected chi connectivity index (χ1v) is 23.9. The summed E-state index contributed by atoms with van der Waals surface area (Å²) in [6.07, 6.45) is 0. The van der Waals surface area contributed by atoms with E-state index in [1.54, 1.807) is 0 Å². The molecule has 6 heteroatoms. The zero-order chi connectivity index (χ0) is 46.2. The number of nitrogens with zero attached hydrogens (tertiary/aromatic N) is 5. The number of rotatable bonds is 5. The van der Waals surface area contributed by atoms with Crippen LogP contribution in [0.5, 0.6) is 0 Å². The summed E-state index contributed by atoms with van der Waals surface area (Å²) in [6, 6.07) is 75.9. The van der Waals surface area contributed by atoms with Gasteiger partial charge in [0.2, 0.25) is 5.95 Å². The summed E-state index contributed by atoms with van der Waals surface area (Å²) in [5.74, 6) is 1.77. The van der Waals surface area contributed by atoms with Gasteiger partial charge < -0.3 is 8.98 Å². The fourth-order valence-electron chi connectivity index (χ4n) is 11.7. The van der Waals surface area contributed by atoms with E-state index in [0.717, 1.165) is 93.5 Å². The second-order valence-electron chi connectivity index (χ2n) is 19.1. The van der Waals surface area contributed by atoms with Crippen LogP contribution in [0.4, 0.5) is 0 Å². The summed E-state index contributed by atoms with van der Waals surface area (Å²) >= 11 is 0. The average molecular weight is 896 g/mol. The summed E-state index contributed by atoms with van der Waals surface area (Å²) in [6.45, 7) is 4.63. The molecule has 1 aliphatic rings. The fraction of sp³-hybridized carbons (Fsp3) is 0.0469. The van der Waals surface area contributed by atoms with E-state index in [1.807, 2.05) is 24.3 Å². The second-order valence-corrected chi connectivity index (χ2v) is 19.1. The molecule has 0 amide bonds. The van der Waals surface area contributed by atoms with Crippen LogP contribution in [0.1, 0.15) is 25.0 Å². The van der Waals surface area contributed by atoms with Gasteiger partial charge in [0.25, 0.3) is 0 Å². The molecule has 0 unspecified atom stereocenters. The highest BCUT2D eigenvalue weighted by Gasteiger charge is 2.37. The molecule has 0 saturated heterocycles. The first kappa shape index (κ1) is 38.9. The Balaban J connectivity index is 1.08. The Labute approximate surface area is 402 Å². The standard InChI is InChI=1S/C64H41N5O/c1-64(2)51-26-12-8-24-48(51)57-49(25-16-27-52(57)64)62-65-61(39-18-4-3-5-19-39)66-63(67-62)69-54-29-14-10-22-44(54)47-34-33-46-43-21-9-13-28-53(43)68(58(46)59(47)69)55-37-42(41-32-31-38-17-6-7-20-40(38)35-41)36-50-45-23-11-15-30-56(45)70-60(50)55/h3-37H,1-2H3. The maximum atomic E-state index is 7.00. The van der Waals surface area contributed by atoms with E-state index < -0.39 is 0 Å². The molecular weight excluding hydrogens is 855 g/mol. The number of para-hydroxylation sites is 3. The molecule has 6 nitrogen and oxygen atoms in total. The minimum absolute atomic E-state index is 0.192. The van der Waals surface area contributed by atoms with Gasteiger partial charge in [-0.05, 0) is 80.6 Å². The Morgan fingerprint density at radius 1 is 0.400 bits per heavy atom. The quantitative estimate of drug-likeness (QED) is 0.173. The van der Waals surface area contributed by atoms with Crippen LogP contribution in [0.25, 0.3) is 133 Å². The van der Waals surface area contributed by atoms with Crippen molar-refractivity contribution in [1.82, 2.24) is 24.1 Å². The van der Waals surface area contributed by atoms with Gasteiger partial charge >= 0.3 is 0 Å². The van der Waals surface area contributed by atoms with Gasteiger partial charge in [0, 0.05) is 48.9 Å². The number of hydrogen-bond donors (Lipinski definition) is 0. The molecule has 0 atom stereocenters. The monoisotopic (exact) mass is 895 g/mol. The molecule has 0 bridgehead atoms. The van der Waals surface area contributed by atoms with Gasteiger partial charge in [-0.2, -0.15) is 9.97 Å². The Morgan fingerprint density at radius 2 is 1.03 bits per heavy atom. The van der Waals surface area contributed by atoms with Crippen molar-refractivity contribution < 1.29 is 4.42 Å². The summed E-state index contributed by atoms with van der Waals surface area (Å²) in [5, 5.41) is 9.00. The van der Waals surface area contributed by atoms with Crippen LogP contribution in [0.15, 0.2) is 217 Å². The smallest absolute Gasteiger partial charge is 0.238 e. The van der Waals surface area contributed by atoms with Gasteiger partial charge in [0.1, 0.15) is 5.58 Å². The Kier molecular flexibility index (Phi) is 8.03. The lowest BCUT2D eigenvalue weighted by Gasteiger charge is -2.21. The molecular formula is C64H41N5O. The molecule has 0 aliphatic heterocycles. The summed E-state index contributed by atoms with van der Waals surface area (Å²) in [5.41, 5.74) is 15.6. The van der Waals surface area contributed by atoms with Crippen molar-refractivity contribution in [2.45, 2.75) is 19.3 Å². The van der Waals surface area contributed by atoms with E-state index in [2.05, 4.69) is 211 Å². The predicted molar refractivity (Wildman–Crippen MR) is 287 cm³/mol. The average Bonchev–Trinajstić information content (AvgIpc) is 4.14. The van der Waals surface area contributed by atoms with Crippen LogP contribution in [0.3, 0.4) is 0 Å². The third-order valence-corrected chi connectivity index (χ3v) is 15.0. The predicted octanol–water partition coefficient (Wildman–Crippen LogP) is 16.4. The number of hydrogen-bond acceptors (Lipinski definition) is 4. The first-order valence-electron chi connectivity index (χ1n) is 23.9. The molecule has 15 rings (SSSR count). The highest BCUT2D eigenvalue weighted by Crippen LogP contribution is 2.52. The van der Waals surface area contributed by atoms with Crippen LogP contribution >= 0.6 is 0 Å². The lowest BCUT2D eigenvalue weighted by atomic mass is 9.82. The van der Waals surface area contributed by atoms with Crippen molar-refractivity contribution in [1.29, 1.82) is 0 Å². The topological polar surface area (TPSA) is 61.7 Å². The van der Waals surface area contributed by atoms with Crippen LogP contribution in [0.2, 0.25) is 0 Å². The van der Waals surface area contributed by atoms with Crippen LogP contribution in [0, 0.1) is 0 Å². The number of fused-ring (bicyclic) bond motifs is 14. The Bertz CT molecular complexity index is 4510. The largest absolute Gasteiger partial charge is 0.454 e. The molecule has 0 N–H and O–H groups in total. The van der Waals surface area contributed by atoms with Gasteiger partial charge in [-0.3, -0.25) is 4.57 Å². The number of aromatic nitrogens is 5. The first-order chi connectivity index (χ1) is 34.5. The highest BCUT2D eigenvalue weighted by atomic mass is 16.3. The summed E-state index contributed by atoms with van der Waals surface area (Å²) in [4.78, 5) is 16.4. The van der Waals surface area contributed by atoms with E-state index in [0.29, 0.717) is 17.6 Å². The second kappa shape index (κ2) is 14.4. The fourth-order valence-corrected chi connectivity index (χ4v) is 11.7. The normalized spacial score (nSPS) is 13.1. The number of furan rings is 1. The molecule has 0 spiro atoms. The third kappa shape index (κ3) is 5.47. The van der Waals surface area contributed by atoms with Crippen molar-refractivity contribution in [3.8, 4) is 56.7 Å². The molecule has 14 aromatic rings. The van der Waals surface area contributed by atoms with Gasteiger partial charge in [-0.1, -0.05) is 190 Å². The zero-order valence-corrected chi connectivity index (χ0v) is 38.4. The molecule has 4 heterocycles. The minimum atomic E-state index is -0.192. The molecule has 0 radical (unpaired) electrons. The van der Waals surface area contributed by atoms with E-state index >= 15 is 0 Å². The van der Waals surface area contributed by atoms with Crippen LogP contribution in [-0.4, -0.2) is 24.1 Å². The zero-order valence-electron chi connectivity index (χ0n) is 38.4. The van der Waals surface area contributed by atoms with E-state index in [9.17, 15) is 0 Å². The Hall–Kier alpha value is -9.13. The van der Waals surface area contributed by atoms with Crippen molar-refractivity contribution in [2.24, 2.45) is 0 Å². The van der Waals surface area contributed by atoms with Crippen LogP contribution in [-0.2, 0) is 5.41 Å². The molecule has 0 fully saturated rings. The molecule has 70 heavy (non-hydrogen) atoms. The van der Waals surface area contributed by atoms with Gasteiger partial charge in [-0.25, -0.2) is 4.98 Å². The van der Waals surface area contributed by atoms with Crippen LogP contribution < -0.4 is 0 Å². The van der Waals surface area contributed by atoms with Crippen molar-refractivity contribution in [2.75, 3.05) is 0 Å². The molecule has 4 aromatic heterocycles. The van der Waals surface area contributed by atoms with Crippen molar-refractivity contribution in [3.63, 3.8) is 0 Å². The third-order valence-electron chi connectivity index (χ3n) is 15.0. The van der Waals surface area contributed by atoms with Crippen molar-refractivity contribution in [3.05, 3.63) is 223 Å². The maximum absolute atomic E-state index is 7.00. The highest BCUT2D eigenvalue weighted by molar-refractivity contribution is 6.24. The van der Waals surface area contributed by atoms with E-state index in [1.165, 1.54) is 33.0 Å². The molecule has 0 saturated carbocycles. The lowest BCUT2D eigenvalue weighted by molar-refractivity contribution is 0.660. The summed E-state index contributed by atoms with van der Waals surface area (Å²) < 4.78 is 11.7. The Morgan fingerprint density at radius 3 is 1.84 bits per heavy atom. The number of benzene rings is 10. The maximum Gasteiger partial charge on any atom is 0.238 e. The van der Waals surface area contributed by atoms with Gasteiger partial charge in [-0.15, -0.1) is 0 Å². The van der Waals surface area contributed by atoms with Gasteiger partial charge in [0.15, 0.2) is 17.2 Å². The van der Waals surface area contributed by atoms with E-state index in [-0.39, 0.29) is 5.41 Å². The van der Waals surface area contributed by atoms with Crippen molar-refractivity contribution >= 4 is 76.3 Å². The lowest BCUT2D eigenvalue weighted by Crippen LogP contribution is -2.14. The van der Waals surface area contributed by atoms with Gasteiger partial charge in [0.05, 0.1) is 27.8 Å². The molecule has 328 valence electrons. The summed E-state index contributed by atoms with van der Waals surface area (Å²) in [7, 11) is 0. The van der Waals surface area contributed by atoms with E-state index in [4.69, 9.17) is 19.4 Å². The SMILES string of the molecule is CC1(C)c2ccccc2-c2c(-c3nc(-c4ccccc4)nc(-n4c5ccccc5c5ccc6c7ccccc7n(-c7cc(-c8ccc9ccccc9c8)cc8c7oc7ccccc78)c6c54)n3)cccc21. The molecule has 1 aliphatic carbocycles.